The Labute approximate surface area is 125 Å². The van der Waals surface area contributed by atoms with Crippen molar-refractivity contribution in [2.24, 2.45) is 5.41 Å². The highest BCUT2D eigenvalue weighted by molar-refractivity contribution is 5.83. The summed E-state index contributed by atoms with van der Waals surface area (Å²) in [7, 11) is 0. The Hall–Kier alpha value is -0.410. The predicted octanol–water partition coefficient (Wildman–Crippen LogP) is 4.38. The lowest BCUT2D eigenvalue weighted by atomic mass is 9.89. The molecule has 0 aliphatic heterocycles. The van der Waals surface area contributed by atoms with Gasteiger partial charge in [-0.3, -0.25) is 4.79 Å². The van der Waals surface area contributed by atoms with E-state index in [0.29, 0.717) is 13.0 Å². The first-order chi connectivity index (χ1) is 9.13. The topological polar surface area (TPSA) is 35.5 Å². The van der Waals surface area contributed by atoms with Crippen molar-refractivity contribution >= 4 is 5.78 Å². The van der Waals surface area contributed by atoms with Crippen molar-refractivity contribution in [1.29, 1.82) is 0 Å². The minimum Gasteiger partial charge on any atom is -0.381 e. The largest absolute Gasteiger partial charge is 0.381 e. The van der Waals surface area contributed by atoms with Crippen molar-refractivity contribution in [3.05, 3.63) is 0 Å². The highest BCUT2D eigenvalue weighted by Gasteiger charge is 2.20. The zero-order chi connectivity index (χ0) is 15.6. The molecule has 0 aromatic heterocycles. The number of unbranched alkanes of at least 4 members (excludes halogenated alkanes) is 3. The van der Waals surface area contributed by atoms with Gasteiger partial charge in [-0.25, -0.2) is 0 Å². The third kappa shape index (κ3) is 12.6. The van der Waals surface area contributed by atoms with Crippen LogP contribution in [-0.2, 0) is 14.3 Å². The van der Waals surface area contributed by atoms with E-state index in [1.54, 1.807) is 0 Å². The van der Waals surface area contributed by atoms with E-state index < -0.39 is 0 Å². The highest BCUT2D eigenvalue weighted by atomic mass is 16.5. The molecule has 0 fully saturated rings. The summed E-state index contributed by atoms with van der Waals surface area (Å²) in [6.45, 7) is 14.3. The molecule has 0 radical (unpaired) electrons. The van der Waals surface area contributed by atoms with Crippen LogP contribution in [0, 0.1) is 5.41 Å². The molecule has 0 aromatic rings. The molecule has 0 atom stereocenters. The van der Waals surface area contributed by atoms with Gasteiger partial charge in [0.1, 0.15) is 5.78 Å². The fraction of sp³-hybridized carbons (Fsp3) is 0.941. The Morgan fingerprint density at radius 3 is 1.85 bits per heavy atom. The summed E-state index contributed by atoms with van der Waals surface area (Å²) in [5, 5.41) is 0. The minimum atomic E-state index is -0.240. The van der Waals surface area contributed by atoms with E-state index in [9.17, 15) is 4.79 Å². The van der Waals surface area contributed by atoms with E-state index in [0.717, 1.165) is 26.1 Å². The Morgan fingerprint density at radius 1 is 0.800 bits per heavy atom. The Kier molecular flexibility index (Phi) is 9.32. The van der Waals surface area contributed by atoms with Gasteiger partial charge in [-0.1, -0.05) is 33.6 Å². The number of ketones is 1. The van der Waals surface area contributed by atoms with Crippen LogP contribution in [0.25, 0.3) is 0 Å². The maximum Gasteiger partial charge on any atom is 0.140 e. The standard InChI is InChI=1S/C17H34O3/c1-16(2,3)15(18)11-14-19-12-9-7-8-10-13-20-17(4,5)6/h7-14H2,1-6H3. The van der Waals surface area contributed by atoms with Gasteiger partial charge in [0.15, 0.2) is 0 Å². The van der Waals surface area contributed by atoms with E-state index in [2.05, 4.69) is 20.8 Å². The zero-order valence-electron chi connectivity index (χ0n) is 14.4. The summed E-state index contributed by atoms with van der Waals surface area (Å²) in [5.74, 6) is 0.275. The summed E-state index contributed by atoms with van der Waals surface area (Å²) in [4.78, 5) is 11.7. The first kappa shape index (κ1) is 19.6. The van der Waals surface area contributed by atoms with Crippen LogP contribution in [0.2, 0.25) is 0 Å². The lowest BCUT2D eigenvalue weighted by molar-refractivity contribution is -0.127. The van der Waals surface area contributed by atoms with Crippen molar-refractivity contribution in [1.82, 2.24) is 0 Å². The molecule has 120 valence electrons. The lowest BCUT2D eigenvalue weighted by Gasteiger charge is -2.19. The Morgan fingerprint density at radius 2 is 1.35 bits per heavy atom. The molecule has 0 aromatic carbocycles. The molecule has 20 heavy (non-hydrogen) atoms. The van der Waals surface area contributed by atoms with Gasteiger partial charge in [0.05, 0.1) is 12.2 Å². The lowest BCUT2D eigenvalue weighted by Crippen LogP contribution is -2.21. The molecule has 0 saturated heterocycles. The molecule has 0 aliphatic rings. The zero-order valence-corrected chi connectivity index (χ0v) is 14.4. The fourth-order valence-corrected chi connectivity index (χ4v) is 1.68. The van der Waals surface area contributed by atoms with Crippen LogP contribution in [0.5, 0.6) is 0 Å². The number of rotatable bonds is 10. The monoisotopic (exact) mass is 286 g/mol. The van der Waals surface area contributed by atoms with Crippen LogP contribution in [0.1, 0.15) is 73.6 Å². The molecular formula is C17H34O3. The molecule has 0 heterocycles. The van der Waals surface area contributed by atoms with Gasteiger partial charge < -0.3 is 9.47 Å². The highest BCUT2D eigenvalue weighted by Crippen LogP contribution is 2.16. The average Bonchev–Trinajstić information content (AvgIpc) is 2.28. The smallest absolute Gasteiger partial charge is 0.140 e. The van der Waals surface area contributed by atoms with Gasteiger partial charge in [0.25, 0.3) is 0 Å². The van der Waals surface area contributed by atoms with Gasteiger partial charge >= 0.3 is 0 Å². The van der Waals surface area contributed by atoms with Crippen molar-refractivity contribution in [2.75, 3.05) is 19.8 Å². The quantitative estimate of drug-likeness (QED) is 0.559. The van der Waals surface area contributed by atoms with Crippen molar-refractivity contribution < 1.29 is 14.3 Å². The number of carbonyl (C=O) groups is 1. The average molecular weight is 286 g/mol. The van der Waals surface area contributed by atoms with Crippen molar-refractivity contribution in [3.63, 3.8) is 0 Å². The Balaban J connectivity index is 3.28. The van der Waals surface area contributed by atoms with Crippen LogP contribution >= 0.6 is 0 Å². The maximum atomic E-state index is 11.7. The number of hydrogen-bond acceptors (Lipinski definition) is 3. The summed E-state index contributed by atoms with van der Waals surface area (Å²) in [6.07, 6.45) is 5.06. The summed E-state index contributed by atoms with van der Waals surface area (Å²) in [6, 6.07) is 0. The second-order valence-corrected chi connectivity index (χ2v) is 7.41. The maximum absolute atomic E-state index is 11.7. The normalized spacial score (nSPS) is 12.7. The second kappa shape index (κ2) is 9.51. The van der Waals surface area contributed by atoms with E-state index in [4.69, 9.17) is 9.47 Å². The first-order valence-corrected chi connectivity index (χ1v) is 7.88. The molecule has 0 bridgehead atoms. The molecule has 0 spiro atoms. The summed E-state index contributed by atoms with van der Waals surface area (Å²) >= 11 is 0. The molecule has 3 heteroatoms. The molecule has 3 nitrogen and oxygen atoms in total. The molecule has 0 aliphatic carbocycles. The molecule has 0 unspecified atom stereocenters. The van der Waals surface area contributed by atoms with E-state index in [1.165, 1.54) is 12.8 Å². The molecule has 0 N–H and O–H groups in total. The third-order valence-corrected chi connectivity index (χ3v) is 3.03. The molecule has 0 amide bonds. The van der Waals surface area contributed by atoms with Gasteiger partial charge in [-0.2, -0.15) is 0 Å². The molecule has 0 rings (SSSR count). The van der Waals surface area contributed by atoms with Gasteiger partial charge in [0, 0.05) is 25.0 Å². The molecular weight excluding hydrogens is 252 g/mol. The van der Waals surface area contributed by atoms with Crippen LogP contribution in [-0.4, -0.2) is 31.2 Å². The SMILES string of the molecule is CC(C)(C)OCCCCCCOCCC(=O)C(C)(C)C. The number of Topliss-reactive ketones (excluding diaryl/α,β-unsaturated/α-hetero) is 1. The first-order valence-electron chi connectivity index (χ1n) is 7.88. The van der Waals surface area contributed by atoms with Crippen molar-refractivity contribution in [2.45, 2.75) is 79.2 Å². The van der Waals surface area contributed by atoms with Crippen LogP contribution in [0.15, 0.2) is 0 Å². The van der Waals surface area contributed by atoms with E-state index in [-0.39, 0.29) is 16.8 Å². The summed E-state index contributed by atoms with van der Waals surface area (Å²) in [5.41, 5.74) is -0.265. The van der Waals surface area contributed by atoms with Gasteiger partial charge in [0.2, 0.25) is 0 Å². The van der Waals surface area contributed by atoms with Gasteiger partial charge in [-0.15, -0.1) is 0 Å². The third-order valence-electron chi connectivity index (χ3n) is 3.03. The van der Waals surface area contributed by atoms with Crippen LogP contribution in [0.4, 0.5) is 0 Å². The van der Waals surface area contributed by atoms with Crippen LogP contribution < -0.4 is 0 Å². The van der Waals surface area contributed by atoms with Crippen LogP contribution in [0.3, 0.4) is 0 Å². The summed E-state index contributed by atoms with van der Waals surface area (Å²) < 4.78 is 11.2. The fourth-order valence-electron chi connectivity index (χ4n) is 1.68. The second-order valence-electron chi connectivity index (χ2n) is 7.41. The van der Waals surface area contributed by atoms with Crippen molar-refractivity contribution in [3.8, 4) is 0 Å². The Bertz CT molecular complexity index is 258. The van der Waals surface area contributed by atoms with E-state index >= 15 is 0 Å². The number of hydrogen-bond donors (Lipinski definition) is 0. The predicted molar refractivity (Wildman–Crippen MR) is 84.1 cm³/mol. The number of carbonyl (C=O) groups excluding carboxylic acids is 1. The molecule has 0 saturated carbocycles. The van der Waals surface area contributed by atoms with Gasteiger partial charge in [-0.05, 0) is 33.6 Å². The van der Waals surface area contributed by atoms with E-state index in [1.807, 2.05) is 20.8 Å². The number of ether oxygens (including phenoxy) is 2. The minimum absolute atomic E-state index is 0.0251.